The Balaban J connectivity index is 1.50. The van der Waals surface area contributed by atoms with Crippen molar-refractivity contribution in [1.29, 1.82) is 0 Å². The zero-order valence-electron chi connectivity index (χ0n) is 14.6. The molecule has 2 amide bonds. The smallest absolute Gasteiger partial charge is 0.323 e. The van der Waals surface area contributed by atoms with Crippen LogP contribution in [0, 0.1) is 5.92 Å². The highest BCUT2D eigenvalue weighted by Crippen LogP contribution is 2.15. The van der Waals surface area contributed by atoms with Crippen LogP contribution in [0.2, 0.25) is 0 Å². The van der Waals surface area contributed by atoms with Gasteiger partial charge in [0.05, 0.1) is 6.61 Å². The van der Waals surface area contributed by atoms with Crippen molar-refractivity contribution in [2.75, 3.05) is 31.6 Å². The summed E-state index contributed by atoms with van der Waals surface area (Å²) in [5, 5.41) is 7.32. The van der Waals surface area contributed by atoms with Crippen molar-refractivity contribution in [1.82, 2.24) is 19.7 Å². The first-order chi connectivity index (χ1) is 12.2. The molecule has 0 saturated carbocycles. The maximum atomic E-state index is 12.4. The third kappa shape index (κ3) is 5.03. The third-order valence-electron chi connectivity index (χ3n) is 4.43. The van der Waals surface area contributed by atoms with E-state index in [2.05, 4.69) is 15.4 Å². The maximum Gasteiger partial charge on any atom is 0.323 e. The summed E-state index contributed by atoms with van der Waals surface area (Å²) < 4.78 is 7.23. The van der Waals surface area contributed by atoms with Crippen molar-refractivity contribution >= 4 is 11.8 Å². The van der Waals surface area contributed by atoms with Crippen LogP contribution in [0.5, 0.6) is 0 Å². The van der Waals surface area contributed by atoms with E-state index in [-0.39, 0.29) is 6.03 Å². The first-order valence-corrected chi connectivity index (χ1v) is 8.80. The van der Waals surface area contributed by atoms with E-state index in [1.165, 1.54) is 5.56 Å². The summed E-state index contributed by atoms with van der Waals surface area (Å²) in [7, 11) is 0. The second-order valence-electron chi connectivity index (χ2n) is 6.27. The molecule has 134 valence electrons. The van der Waals surface area contributed by atoms with Gasteiger partial charge in [-0.25, -0.2) is 4.79 Å². The number of amides is 2. The number of ether oxygens (including phenoxy) is 1. The molecule has 2 aromatic heterocycles. The molecule has 0 unspecified atom stereocenters. The van der Waals surface area contributed by atoms with E-state index in [0.717, 1.165) is 39.1 Å². The monoisotopic (exact) mass is 343 g/mol. The average Bonchev–Trinajstić information content (AvgIpc) is 3.30. The summed E-state index contributed by atoms with van der Waals surface area (Å²) in [6.07, 6.45) is 7.36. The topological polar surface area (TPSA) is 72.3 Å². The second kappa shape index (κ2) is 8.62. The van der Waals surface area contributed by atoms with Crippen LogP contribution in [0.3, 0.4) is 0 Å². The van der Waals surface area contributed by atoms with Crippen LogP contribution < -0.4 is 5.32 Å². The molecule has 1 aliphatic heterocycles. The number of nitrogens with one attached hydrogen (secondary N) is 1. The SMILES string of the molecule is CCN(C[C@@H]1CCOC1)C(=O)Nc1ccn(CCc2ccncc2)n1. The molecular formula is C18H25N5O2. The van der Waals surface area contributed by atoms with Gasteiger partial charge in [-0.1, -0.05) is 0 Å². The number of hydrogen-bond donors (Lipinski definition) is 1. The van der Waals surface area contributed by atoms with E-state index >= 15 is 0 Å². The molecule has 2 aromatic rings. The van der Waals surface area contributed by atoms with Crippen LogP contribution >= 0.6 is 0 Å². The fraction of sp³-hybridized carbons (Fsp3) is 0.500. The van der Waals surface area contributed by atoms with Crippen LogP contribution in [-0.4, -0.2) is 52.0 Å². The number of pyridine rings is 1. The molecule has 0 aliphatic carbocycles. The molecule has 25 heavy (non-hydrogen) atoms. The van der Waals surface area contributed by atoms with Gasteiger partial charge in [0.1, 0.15) is 0 Å². The van der Waals surface area contributed by atoms with E-state index in [0.29, 0.717) is 18.3 Å². The van der Waals surface area contributed by atoms with E-state index < -0.39 is 0 Å². The predicted molar refractivity (Wildman–Crippen MR) is 95.4 cm³/mol. The van der Waals surface area contributed by atoms with Gasteiger partial charge in [0.15, 0.2) is 5.82 Å². The molecule has 3 heterocycles. The van der Waals surface area contributed by atoms with Gasteiger partial charge in [0.25, 0.3) is 0 Å². The normalized spacial score (nSPS) is 16.8. The number of aryl methyl sites for hydroxylation is 2. The van der Waals surface area contributed by atoms with Crippen LogP contribution in [0.4, 0.5) is 10.6 Å². The Labute approximate surface area is 148 Å². The molecule has 7 heteroatoms. The second-order valence-corrected chi connectivity index (χ2v) is 6.27. The van der Waals surface area contributed by atoms with Gasteiger partial charge in [-0.2, -0.15) is 5.10 Å². The Morgan fingerprint density at radius 2 is 2.24 bits per heavy atom. The minimum atomic E-state index is -0.103. The average molecular weight is 343 g/mol. The van der Waals surface area contributed by atoms with E-state index in [1.807, 2.05) is 40.9 Å². The van der Waals surface area contributed by atoms with Gasteiger partial charge in [-0.15, -0.1) is 0 Å². The van der Waals surface area contributed by atoms with Crippen molar-refractivity contribution in [3.63, 3.8) is 0 Å². The van der Waals surface area contributed by atoms with Gasteiger partial charge < -0.3 is 9.64 Å². The summed E-state index contributed by atoms with van der Waals surface area (Å²) in [6.45, 7) is 5.69. The van der Waals surface area contributed by atoms with Crippen molar-refractivity contribution in [3.8, 4) is 0 Å². The Hall–Kier alpha value is -2.41. The van der Waals surface area contributed by atoms with Gasteiger partial charge >= 0.3 is 6.03 Å². The Kier molecular flexibility index (Phi) is 6.00. The first-order valence-electron chi connectivity index (χ1n) is 8.80. The molecule has 0 aromatic carbocycles. The largest absolute Gasteiger partial charge is 0.381 e. The molecule has 0 bridgehead atoms. The van der Waals surface area contributed by atoms with Crippen molar-refractivity contribution in [2.24, 2.45) is 5.92 Å². The number of nitrogens with zero attached hydrogens (tertiary/aromatic N) is 4. The van der Waals surface area contributed by atoms with Gasteiger partial charge in [-0.05, 0) is 37.5 Å². The van der Waals surface area contributed by atoms with Gasteiger partial charge in [0, 0.05) is 56.8 Å². The van der Waals surface area contributed by atoms with E-state index in [4.69, 9.17) is 4.74 Å². The highest BCUT2D eigenvalue weighted by atomic mass is 16.5. The number of anilines is 1. The first kappa shape index (κ1) is 17.4. The molecule has 0 spiro atoms. The molecule has 3 rings (SSSR count). The Morgan fingerprint density at radius 3 is 2.96 bits per heavy atom. The molecule has 1 saturated heterocycles. The zero-order valence-corrected chi connectivity index (χ0v) is 14.6. The number of carbonyl (C=O) groups excluding carboxylic acids is 1. The lowest BCUT2D eigenvalue weighted by molar-refractivity contribution is 0.171. The lowest BCUT2D eigenvalue weighted by Gasteiger charge is -2.23. The van der Waals surface area contributed by atoms with Gasteiger partial charge in [0.2, 0.25) is 0 Å². The summed E-state index contributed by atoms with van der Waals surface area (Å²) in [5.74, 6) is 1.02. The molecule has 1 aliphatic rings. The maximum absolute atomic E-state index is 12.4. The third-order valence-corrected chi connectivity index (χ3v) is 4.43. The number of aromatic nitrogens is 3. The highest BCUT2D eigenvalue weighted by molar-refractivity contribution is 5.88. The number of urea groups is 1. The summed E-state index contributed by atoms with van der Waals surface area (Å²) in [4.78, 5) is 18.3. The molecule has 1 N–H and O–H groups in total. The van der Waals surface area contributed by atoms with Crippen LogP contribution in [-0.2, 0) is 17.7 Å². The highest BCUT2D eigenvalue weighted by Gasteiger charge is 2.21. The fourth-order valence-electron chi connectivity index (χ4n) is 2.93. The van der Waals surface area contributed by atoms with Gasteiger partial charge in [-0.3, -0.25) is 15.0 Å². The van der Waals surface area contributed by atoms with Crippen molar-refractivity contribution in [3.05, 3.63) is 42.4 Å². The Morgan fingerprint density at radius 1 is 1.40 bits per heavy atom. The predicted octanol–water partition coefficient (Wildman–Crippen LogP) is 2.41. The number of rotatable bonds is 7. The minimum Gasteiger partial charge on any atom is -0.381 e. The summed E-state index contributed by atoms with van der Waals surface area (Å²) >= 11 is 0. The van der Waals surface area contributed by atoms with E-state index in [9.17, 15) is 4.79 Å². The molecule has 1 fully saturated rings. The Bertz CT molecular complexity index is 667. The summed E-state index contributed by atoms with van der Waals surface area (Å²) in [5.41, 5.74) is 1.21. The number of carbonyl (C=O) groups is 1. The lowest BCUT2D eigenvalue weighted by Crippen LogP contribution is -2.38. The van der Waals surface area contributed by atoms with Crippen LogP contribution in [0.25, 0.3) is 0 Å². The lowest BCUT2D eigenvalue weighted by atomic mass is 10.1. The quantitative estimate of drug-likeness (QED) is 0.838. The summed E-state index contributed by atoms with van der Waals surface area (Å²) in [6, 6.07) is 5.72. The molecular weight excluding hydrogens is 318 g/mol. The molecule has 0 radical (unpaired) electrons. The standard InChI is InChI=1S/C18H25N5O2/c1-2-22(13-16-7-12-25-14-16)18(24)20-17-6-11-23(21-17)10-5-15-3-8-19-9-4-15/h3-4,6,8-9,11,16H,2,5,7,10,12-14H2,1H3,(H,20,21,24)/t16-/m0/s1. The number of hydrogen-bond acceptors (Lipinski definition) is 4. The molecule has 7 nitrogen and oxygen atoms in total. The van der Waals surface area contributed by atoms with E-state index in [1.54, 1.807) is 12.4 Å². The van der Waals surface area contributed by atoms with Crippen LogP contribution in [0.15, 0.2) is 36.8 Å². The van der Waals surface area contributed by atoms with Crippen molar-refractivity contribution < 1.29 is 9.53 Å². The van der Waals surface area contributed by atoms with Crippen molar-refractivity contribution in [2.45, 2.75) is 26.3 Å². The molecule has 1 atom stereocenters. The fourth-order valence-corrected chi connectivity index (χ4v) is 2.93. The van der Waals surface area contributed by atoms with Crippen LogP contribution in [0.1, 0.15) is 18.9 Å². The minimum absolute atomic E-state index is 0.103. The zero-order chi connectivity index (χ0) is 17.5.